The molecule has 0 radical (unpaired) electrons. The summed E-state index contributed by atoms with van der Waals surface area (Å²) in [6, 6.07) is 0. The van der Waals surface area contributed by atoms with E-state index in [1.54, 1.807) is 6.92 Å². The van der Waals surface area contributed by atoms with Gasteiger partial charge in [-0.3, -0.25) is 0 Å². The van der Waals surface area contributed by atoms with Crippen molar-refractivity contribution >= 4 is 29.8 Å². The van der Waals surface area contributed by atoms with Gasteiger partial charge in [0.2, 0.25) is 0 Å². The Bertz CT molecular complexity index is 857. The Morgan fingerprint density at radius 2 is 1.19 bits per heavy atom. The minimum absolute atomic E-state index is 0.0828. The molecule has 0 unspecified atom stereocenters. The number of aliphatic hydroxyl groups is 1. The fourth-order valence-electron chi connectivity index (χ4n) is 2.14. The molecule has 0 saturated heterocycles. The number of esters is 4. The van der Waals surface area contributed by atoms with Gasteiger partial charge >= 0.3 is 29.8 Å². The Balaban J connectivity index is -0.000000244. The molecule has 11 heteroatoms. The molecule has 0 aliphatic carbocycles. The van der Waals surface area contributed by atoms with E-state index in [0.29, 0.717) is 31.8 Å². The van der Waals surface area contributed by atoms with E-state index >= 15 is 0 Å². The van der Waals surface area contributed by atoms with Crippen molar-refractivity contribution in [2.75, 3.05) is 33.0 Å². The molecule has 0 bridgehead atoms. The minimum Gasteiger partial charge on any atom is -0.478 e. The van der Waals surface area contributed by atoms with E-state index in [0.717, 1.165) is 37.8 Å². The molecule has 0 amide bonds. The van der Waals surface area contributed by atoms with Gasteiger partial charge in [-0.15, -0.1) is 0 Å². The van der Waals surface area contributed by atoms with Crippen LogP contribution < -0.4 is 0 Å². The standard InChI is InChI=1S/C11H20O2.C9H12O5.C7H12O2.C5H8O2/c1-4-6-7-8-9-13-11(12)10(3)5-2;1-7(3-2-4-8(11)12)9(13)14-6-5-10;1-3-5-6-9-7(8)4-2;1-3-5(6)7-4-2/h3-9H2,1-2H3;2,4,10H,1,3,5-6H2,(H,11,12);4H,2-3,5-6H2,1H3;3H,1,4H2,2H3. The lowest BCUT2D eigenvalue weighted by molar-refractivity contribution is -0.140. The van der Waals surface area contributed by atoms with Crippen LogP contribution in [0.1, 0.15) is 79.1 Å². The lowest BCUT2D eigenvalue weighted by Gasteiger charge is -2.04. The van der Waals surface area contributed by atoms with Gasteiger partial charge in [0.25, 0.3) is 0 Å². The van der Waals surface area contributed by atoms with Crippen molar-refractivity contribution in [3.63, 3.8) is 0 Å². The van der Waals surface area contributed by atoms with Gasteiger partial charge in [-0.05, 0) is 32.6 Å². The maximum atomic E-state index is 11.1. The number of allylic oxidation sites excluding steroid dienone is 1. The van der Waals surface area contributed by atoms with Crippen molar-refractivity contribution in [1.29, 1.82) is 0 Å². The van der Waals surface area contributed by atoms with Gasteiger partial charge in [0.15, 0.2) is 0 Å². The number of rotatable bonds is 19. The number of ether oxygens (including phenoxy) is 4. The van der Waals surface area contributed by atoms with Crippen molar-refractivity contribution in [2.45, 2.75) is 79.1 Å². The third kappa shape index (κ3) is 40.2. The first kappa shape index (κ1) is 46.0. The summed E-state index contributed by atoms with van der Waals surface area (Å²) in [6.07, 6.45) is 11.8. The van der Waals surface area contributed by atoms with Crippen LogP contribution in [0.25, 0.3) is 0 Å². The highest BCUT2D eigenvalue weighted by Crippen LogP contribution is 2.03. The highest BCUT2D eigenvalue weighted by Gasteiger charge is 2.06. The maximum absolute atomic E-state index is 11.1. The Kier molecular flexibility index (Phi) is 38.5. The Labute approximate surface area is 256 Å². The first-order valence-corrected chi connectivity index (χ1v) is 14.2. The molecule has 43 heavy (non-hydrogen) atoms. The maximum Gasteiger partial charge on any atom is 0.333 e. The number of aliphatic hydroxyl groups excluding tert-OH is 1. The van der Waals surface area contributed by atoms with Gasteiger partial charge in [0.1, 0.15) is 6.61 Å². The van der Waals surface area contributed by atoms with Crippen LogP contribution in [0.2, 0.25) is 0 Å². The van der Waals surface area contributed by atoms with E-state index in [1.165, 1.54) is 25.0 Å². The average Bonchev–Trinajstić information content (AvgIpc) is 2.99. The summed E-state index contributed by atoms with van der Waals surface area (Å²) in [7, 11) is 0. The number of hydrogen-bond acceptors (Lipinski definition) is 10. The fraction of sp³-hybridized carbons (Fsp3) is 0.531. The quantitative estimate of drug-likeness (QED) is 0.0827. The van der Waals surface area contributed by atoms with Gasteiger partial charge in [-0.1, -0.05) is 78.8 Å². The molecule has 2 N–H and O–H groups in total. The summed E-state index contributed by atoms with van der Waals surface area (Å²) in [4.78, 5) is 52.5. The van der Waals surface area contributed by atoms with Gasteiger partial charge in [0, 0.05) is 29.4 Å². The first-order chi connectivity index (χ1) is 20.4. The first-order valence-electron chi connectivity index (χ1n) is 14.2. The van der Waals surface area contributed by atoms with Gasteiger partial charge in [-0.2, -0.15) is 0 Å². The number of aliphatic carboxylic acids is 1. The van der Waals surface area contributed by atoms with Crippen LogP contribution >= 0.6 is 0 Å². The number of carbonyl (C=O) groups is 5. The van der Waals surface area contributed by atoms with E-state index in [1.807, 2.05) is 13.8 Å². The Morgan fingerprint density at radius 3 is 1.63 bits per heavy atom. The smallest absolute Gasteiger partial charge is 0.333 e. The van der Waals surface area contributed by atoms with Crippen LogP contribution in [0, 0.1) is 0 Å². The second-order valence-electron chi connectivity index (χ2n) is 8.24. The molecular weight excluding hydrogens is 560 g/mol. The Hall–Kier alpha value is -3.99. The van der Waals surface area contributed by atoms with E-state index < -0.39 is 11.9 Å². The van der Waals surface area contributed by atoms with Crippen LogP contribution in [0.4, 0.5) is 0 Å². The number of unbranched alkanes of at least 4 members (excludes halogenated alkanes) is 4. The fourth-order valence-corrected chi connectivity index (χ4v) is 2.14. The molecule has 246 valence electrons. The van der Waals surface area contributed by atoms with Crippen molar-refractivity contribution in [3.05, 3.63) is 61.8 Å². The molecule has 0 aliphatic rings. The summed E-state index contributed by atoms with van der Waals surface area (Å²) in [6.45, 7) is 22.5. The molecule has 0 aromatic rings. The zero-order valence-electron chi connectivity index (χ0n) is 26.4. The number of carboxylic acid groups (broad SMARTS) is 1. The third-order valence-electron chi connectivity index (χ3n) is 4.55. The van der Waals surface area contributed by atoms with Crippen LogP contribution in [0.3, 0.4) is 0 Å². The molecule has 0 heterocycles. The van der Waals surface area contributed by atoms with Crippen molar-refractivity contribution < 1.29 is 53.1 Å². The topological polar surface area (TPSA) is 163 Å². The normalized spacial score (nSPS) is 9.23. The zero-order chi connectivity index (χ0) is 33.9. The molecule has 0 aromatic heterocycles. The second kappa shape index (κ2) is 36.0. The SMILES string of the molecule is C=C(CC)C(=O)OCCCCCC.C=C(CC=CC(=O)O)C(=O)OCCO.C=CC(=O)OCC.C=CC(=O)OCCCC. The summed E-state index contributed by atoms with van der Waals surface area (Å²) in [5, 5.41) is 16.6. The predicted octanol–water partition coefficient (Wildman–Crippen LogP) is 5.44. The molecule has 0 saturated carbocycles. The van der Waals surface area contributed by atoms with Crippen LogP contribution in [-0.2, 0) is 42.9 Å². The highest BCUT2D eigenvalue weighted by molar-refractivity contribution is 5.88. The van der Waals surface area contributed by atoms with Crippen molar-refractivity contribution in [2.24, 2.45) is 0 Å². The number of hydrogen-bond donors (Lipinski definition) is 2. The molecule has 0 fully saturated rings. The molecular formula is C32H52O11. The Morgan fingerprint density at radius 1 is 0.674 bits per heavy atom. The third-order valence-corrected chi connectivity index (χ3v) is 4.55. The van der Waals surface area contributed by atoms with Crippen LogP contribution in [0.15, 0.2) is 61.8 Å². The van der Waals surface area contributed by atoms with Crippen molar-refractivity contribution in [1.82, 2.24) is 0 Å². The largest absolute Gasteiger partial charge is 0.478 e. The minimum atomic E-state index is -1.08. The van der Waals surface area contributed by atoms with E-state index in [9.17, 15) is 24.0 Å². The zero-order valence-corrected chi connectivity index (χ0v) is 26.4. The molecule has 0 aromatic carbocycles. The molecule has 11 nitrogen and oxygen atoms in total. The van der Waals surface area contributed by atoms with Crippen molar-refractivity contribution in [3.8, 4) is 0 Å². The number of carbonyl (C=O) groups excluding carboxylic acids is 4. The van der Waals surface area contributed by atoms with Gasteiger partial charge in [-0.25, -0.2) is 24.0 Å². The number of carboxylic acids is 1. The van der Waals surface area contributed by atoms with E-state index in [2.05, 4.69) is 47.5 Å². The average molecular weight is 613 g/mol. The summed E-state index contributed by atoms with van der Waals surface area (Å²) in [5.74, 6) is -2.64. The second-order valence-corrected chi connectivity index (χ2v) is 8.24. The molecule has 0 rings (SSSR count). The molecule has 0 spiro atoms. The van der Waals surface area contributed by atoms with E-state index in [4.69, 9.17) is 14.9 Å². The molecule has 0 aliphatic heterocycles. The summed E-state index contributed by atoms with van der Waals surface area (Å²) in [5.41, 5.74) is 0.714. The van der Waals surface area contributed by atoms with Gasteiger partial charge in [0.05, 0.1) is 26.4 Å². The van der Waals surface area contributed by atoms with Gasteiger partial charge < -0.3 is 29.2 Å². The lowest BCUT2D eigenvalue weighted by Crippen LogP contribution is -2.09. The monoisotopic (exact) mass is 612 g/mol. The van der Waals surface area contributed by atoms with E-state index in [-0.39, 0.29) is 43.1 Å². The molecule has 0 atom stereocenters. The highest BCUT2D eigenvalue weighted by atomic mass is 16.5. The predicted molar refractivity (Wildman–Crippen MR) is 166 cm³/mol. The van der Waals surface area contributed by atoms with Crippen LogP contribution in [-0.4, -0.2) is 73.1 Å². The summed E-state index contributed by atoms with van der Waals surface area (Å²) < 4.78 is 18.7. The van der Waals surface area contributed by atoms with Crippen LogP contribution in [0.5, 0.6) is 0 Å². The lowest BCUT2D eigenvalue weighted by atomic mass is 10.2. The summed E-state index contributed by atoms with van der Waals surface area (Å²) >= 11 is 0.